The van der Waals surface area contributed by atoms with Crippen molar-refractivity contribution in [2.24, 2.45) is 0 Å². The molecule has 2 aromatic rings. The van der Waals surface area contributed by atoms with E-state index < -0.39 is 0 Å². The molecule has 1 atom stereocenters. The van der Waals surface area contributed by atoms with E-state index in [0.717, 1.165) is 44.0 Å². The molecule has 0 N–H and O–H groups in total. The van der Waals surface area contributed by atoms with E-state index in [0.29, 0.717) is 6.54 Å². The minimum atomic E-state index is -0.326. The zero-order valence-corrected chi connectivity index (χ0v) is 17.9. The van der Waals surface area contributed by atoms with Gasteiger partial charge in [-0.25, -0.2) is 0 Å². The van der Waals surface area contributed by atoms with Crippen molar-refractivity contribution in [1.29, 1.82) is 0 Å². The second-order valence-electron chi connectivity index (χ2n) is 8.04. The van der Waals surface area contributed by atoms with E-state index in [4.69, 9.17) is 4.74 Å². The maximum Gasteiger partial charge on any atom is 0.247 e. The van der Waals surface area contributed by atoms with Crippen molar-refractivity contribution in [2.45, 2.75) is 19.0 Å². The topological polar surface area (TPSA) is 53.1 Å². The number of piperazine rings is 1. The van der Waals surface area contributed by atoms with Crippen LogP contribution in [-0.4, -0.2) is 72.4 Å². The number of imide groups is 1. The number of hydrogen-bond donors (Lipinski definition) is 0. The number of rotatable bonds is 7. The van der Waals surface area contributed by atoms with Gasteiger partial charge in [-0.3, -0.25) is 24.3 Å². The summed E-state index contributed by atoms with van der Waals surface area (Å²) in [4.78, 5) is 31.5. The van der Waals surface area contributed by atoms with Crippen LogP contribution in [0.1, 0.15) is 17.5 Å². The van der Waals surface area contributed by atoms with Crippen LogP contribution >= 0.6 is 0 Å². The summed E-state index contributed by atoms with van der Waals surface area (Å²) in [6, 6.07) is 17.4. The van der Waals surface area contributed by atoms with Crippen LogP contribution in [0.4, 0.5) is 0 Å². The van der Waals surface area contributed by atoms with Gasteiger partial charge < -0.3 is 4.74 Å². The second-order valence-corrected chi connectivity index (χ2v) is 8.04. The molecule has 2 aromatic carbocycles. The molecule has 0 spiro atoms. The van der Waals surface area contributed by atoms with Crippen LogP contribution in [-0.2, 0) is 16.1 Å². The molecule has 2 aliphatic rings. The van der Waals surface area contributed by atoms with Crippen LogP contribution in [0.5, 0.6) is 5.75 Å². The van der Waals surface area contributed by atoms with Crippen LogP contribution in [0.3, 0.4) is 0 Å². The number of ether oxygens (including phenoxy) is 1. The molecule has 0 radical (unpaired) electrons. The van der Waals surface area contributed by atoms with E-state index >= 15 is 0 Å². The first kappa shape index (κ1) is 21.3. The lowest BCUT2D eigenvalue weighted by molar-refractivity contribution is -0.140. The number of benzene rings is 2. The average molecular weight is 420 g/mol. The first-order valence-electron chi connectivity index (χ1n) is 10.8. The van der Waals surface area contributed by atoms with Crippen molar-refractivity contribution in [3.63, 3.8) is 0 Å². The van der Waals surface area contributed by atoms with Gasteiger partial charge >= 0.3 is 0 Å². The molecule has 2 heterocycles. The van der Waals surface area contributed by atoms with Crippen LogP contribution in [0.25, 0.3) is 6.08 Å². The van der Waals surface area contributed by atoms with Crippen molar-refractivity contribution in [2.75, 3.05) is 39.8 Å². The zero-order valence-electron chi connectivity index (χ0n) is 17.9. The summed E-state index contributed by atoms with van der Waals surface area (Å²) in [5, 5.41) is 0. The van der Waals surface area contributed by atoms with Crippen LogP contribution < -0.4 is 4.74 Å². The molecule has 31 heavy (non-hydrogen) atoms. The van der Waals surface area contributed by atoms with E-state index in [9.17, 15) is 9.59 Å². The minimum Gasteiger partial charge on any atom is -0.497 e. The summed E-state index contributed by atoms with van der Waals surface area (Å²) in [6.07, 6.45) is 4.61. The summed E-state index contributed by atoms with van der Waals surface area (Å²) in [7, 11) is 1.62. The highest BCUT2D eigenvalue weighted by Gasteiger charge is 2.42. The van der Waals surface area contributed by atoms with Gasteiger partial charge in [-0.05, 0) is 23.3 Å². The van der Waals surface area contributed by atoms with Crippen molar-refractivity contribution in [3.05, 3.63) is 71.8 Å². The molecule has 1 unspecified atom stereocenters. The molecule has 162 valence electrons. The third-order valence-electron chi connectivity index (χ3n) is 6.04. The largest absolute Gasteiger partial charge is 0.497 e. The zero-order chi connectivity index (χ0) is 21.6. The van der Waals surface area contributed by atoms with Gasteiger partial charge in [-0.15, -0.1) is 0 Å². The van der Waals surface area contributed by atoms with E-state index in [1.54, 1.807) is 7.11 Å². The van der Waals surface area contributed by atoms with E-state index in [1.165, 1.54) is 10.5 Å². The molecular formula is C25H29N3O3. The molecule has 2 fully saturated rings. The van der Waals surface area contributed by atoms with E-state index in [1.807, 2.05) is 42.5 Å². The van der Waals surface area contributed by atoms with Crippen molar-refractivity contribution in [3.8, 4) is 5.75 Å². The molecule has 2 amide bonds. The van der Waals surface area contributed by atoms with Gasteiger partial charge in [0.2, 0.25) is 11.8 Å². The summed E-state index contributed by atoms with van der Waals surface area (Å²) < 4.78 is 5.17. The SMILES string of the molecule is COc1ccc(CN2C(=O)CC(N3CCN(CC=Cc4ccccc4)CC3)C2=O)cc1. The van der Waals surface area contributed by atoms with Gasteiger partial charge in [0, 0.05) is 32.7 Å². The minimum absolute atomic E-state index is 0.0711. The molecule has 0 aromatic heterocycles. The van der Waals surface area contributed by atoms with Gasteiger partial charge in [-0.1, -0.05) is 54.6 Å². The standard InChI is InChI=1S/C25H29N3O3/c1-31-22-11-9-21(10-12-22)19-28-24(29)18-23(25(28)30)27-16-14-26(15-17-27)13-5-8-20-6-3-2-4-7-20/h2-12,23H,13-19H2,1H3. The Kier molecular flexibility index (Phi) is 6.79. The molecule has 6 heteroatoms. The normalized spacial score (nSPS) is 20.7. The Morgan fingerprint density at radius 1 is 0.968 bits per heavy atom. The summed E-state index contributed by atoms with van der Waals surface area (Å²) >= 11 is 0. The molecule has 0 saturated carbocycles. The maximum atomic E-state index is 13.0. The number of carbonyl (C=O) groups is 2. The van der Waals surface area contributed by atoms with Gasteiger partial charge in [0.05, 0.1) is 26.1 Å². The van der Waals surface area contributed by atoms with Crippen molar-refractivity contribution < 1.29 is 14.3 Å². The fourth-order valence-corrected chi connectivity index (χ4v) is 4.19. The summed E-state index contributed by atoms with van der Waals surface area (Å²) in [6.45, 7) is 4.62. The number of carbonyl (C=O) groups excluding carboxylic acids is 2. The summed E-state index contributed by atoms with van der Waals surface area (Å²) in [5.41, 5.74) is 2.13. The Hall–Kier alpha value is -2.96. The Morgan fingerprint density at radius 2 is 1.68 bits per heavy atom. The molecule has 2 aliphatic heterocycles. The average Bonchev–Trinajstić information content (AvgIpc) is 3.09. The lowest BCUT2D eigenvalue weighted by atomic mass is 10.1. The van der Waals surface area contributed by atoms with Gasteiger partial charge in [-0.2, -0.15) is 0 Å². The second kappa shape index (κ2) is 9.90. The molecule has 0 bridgehead atoms. The fraction of sp³-hybridized carbons (Fsp3) is 0.360. The van der Waals surface area contributed by atoms with Crippen molar-refractivity contribution in [1.82, 2.24) is 14.7 Å². The van der Waals surface area contributed by atoms with Gasteiger partial charge in [0.1, 0.15) is 5.75 Å². The number of hydrogen-bond acceptors (Lipinski definition) is 5. The van der Waals surface area contributed by atoms with Gasteiger partial charge in [0.15, 0.2) is 0 Å². The molecule has 4 rings (SSSR count). The fourth-order valence-electron chi connectivity index (χ4n) is 4.19. The predicted octanol–water partition coefficient (Wildman–Crippen LogP) is 2.65. The first-order valence-corrected chi connectivity index (χ1v) is 10.8. The number of likely N-dealkylation sites (tertiary alicyclic amines) is 1. The molecular weight excluding hydrogens is 390 g/mol. The highest BCUT2D eigenvalue weighted by atomic mass is 16.5. The van der Waals surface area contributed by atoms with Crippen molar-refractivity contribution >= 4 is 17.9 Å². The lowest BCUT2D eigenvalue weighted by Gasteiger charge is -2.36. The number of methoxy groups -OCH3 is 1. The Balaban J connectivity index is 1.28. The summed E-state index contributed by atoms with van der Waals surface area (Å²) in [5.74, 6) is 0.606. The number of nitrogens with zero attached hydrogens (tertiary/aromatic N) is 3. The lowest BCUT2D eigenvalue weighted by Crippen LogP contribution is -2.52. The Bertz CT molecular complexity index is 919. The first-order chi connectivity index (χ1) is 15.1. The maximum absolute atomic E-state index is 13.0. The monoisotopic (exact) mass is 419 g/mol. The number of amides is 2. The predicted molar refractivity (Wildman–Crippen MR) is 120 cm³/mol. The highest BCUT2D eigenvalue weighted by Crippen LogP contribution is 2.23. The highest BCUT2D eigenvalue weighted by molar-refractivity contribution is 6.05. The smallest absolute Gasteiger partial charge is 0.247 e. The molecule has 0 aliphatic carbocycles. The van der Waals surface area contributed by atoms with E-state index in [-0.39, 0.29) is 24.3 Å². The molecule has 6 nitrogen and oxygen atoms in total. The van der Waals surface area contributed by atoms with Gasteiger partial charge in [0.25, 0.3) is 0 Å². The van der Waals surface area contributed by atoms with Crippen LogP contribution in [0.2, 0.25) is 0 Å². The molecule has 2 saturated heterocycles. The van der Waals surface area contributed by atoms with Crippen LogP contribution in [0.15, 0.2) is 60.7 Å². The quantitative estimate of drug-likeness (QED) is 0.646. The third kappa shape index (κ3) is 5.21. The van der Waals surface area contributed by atoms with Crippen LogP contribution in [0, 0.1) is 0 Å². The Labute approximate surface area is 183 Å². The van der Waals surface area contributed by atoms with E-state index in [2.05, 4.69) is 34.1 Å². The third-order valence-corrected chi connectivity index (χ3v) is 6.04. The Morgan fingerprint density at radius 3 is 2.35 bits per heavy atom.